The number of hydrogen-bond donors (Lipinski definition) is 1. The molecular formula is C15H29N. The summed E-state index contributed by atoms with van der Waals surface area (Å²) < 4.78 is 0. The van der Waals surface area contributed by atoms with Crippen LogP contribution in [0.5, 0.6) is 0 Å². The Morgan fingerprint density at radius 3 is 2.12 bits per heavy atom. The number of rotatable bonds is 5. The first-order valence-corrected chi connectivity index (χ1v) is 6.42. The highest BCUT2D eigenvalue weighted by Crippen LogP contribution is 2.28. The van der Waals surface area contributed by atoms with Crippen LogP contribution in [-0.4, -0.2) is 7.05 Å². The Morgan fingerprint density at radius 1 is 1.25 bits per heavy atom. The minimum Gasteiger partial charge on any atom is -0.391 e. The number of unbranched alkanes of at least 4 members (excludes halogenated alkanes) is 1. The van der Waals surface area contributed by atoms with Crippen LogP contribution in [0, 0.1) is 11.3 Å². The van der Waals surface area contributed by atoms with E-state index in [4.69, 9.17) is 0 Å². The zero-order valence-electron chi connectivity index (χ0n) is 12.1. The number of allylic oxidation sites excluding steroid dienone is 4. The molecule has 0 rings (SSSR count). The quantitative estimate of drug-likeness (QED) is 0.676. The third kappa shape index (κ3) is 5.39. The summed E-state index contributed by atoms with van der Waals surface area (Å²) >= 11 is 0. The van der Waals surface area contributed by atoms with E-state index in [0.717, 1.165) is 6.42 Å². The van der Waals surface area contributed by atoms with Crippen molar-refractivity contribution in [3.05, 3.63) is 23.4 Å². The molecule has 0 aromatic carbocycles. The van der Waals surface area contributed by atoms with E-state index in [1.54, 1.807) is 0 Å². The first kappa shape index (κ1) is 15.3. The largest absolute Gasteiger partial charge is 0.391 e. The van der Waals surface area contributed by atoms with Gasteiger partial charge in [-0.3, -0.25) is 0 Å². The highest BCUT2D eigenvalue weighted by atomic mass is 14.8. The predicted octanol–water partition coefficient (Wildman–Crippen LogP) is 4.52. The fourth-order valence-electron chi connectivity index (χ4n) is 1.58. The second kappa shape index (κ2) is 6.78. The van der Waals surface area contributed by atoms with E-state index in [2.05, 4.69) is 59.0 Å². The lowest BCUT2D eigenvalue weighted by Gasteiger charge is -2.23. The van der Waals surface area contributed by atoms with Crippen molar-refractivity contribution in [1.29, 1.82) is 0 Å². The Bertz CT molecular complexity index is 251. The summed E-state index contributed by atoms with van der Waals surface area (Å²) in [6.07, 6.45) is 7.07. The molecule has 0 bridgehead atoms. The lowest BCUT2D eigenvalue weighted by atomic mass is 9.84. The predicted molar refractivity (Wildman–Crippen MR) is 74.4 cm³/mol. The van der Waals surface area contributed by atoms with Gasteiger partial charge in [0.15, 0.2) is 0 Å². The third-order valence-electron chi connectivity index (χ3n) is 2.74. The molecule has 0 saturated heterocycles. The molecule has 0 heterocycles. The molecule has 0 aromatic rings. The summed E-state index contributed by atoms with van der Waals surface area (Å²) in [5.41, 5.74) is 2.98. The maximum absolute atomic E-state index is 3.30. The van der Waals surface area contributed by atoms with Crippen LogP contribution in [0.15, 0.2) is 23.4 Å². The van der Waals surface area contributed by atoms with E-state index < -0.39 is 0 Å². The molecule has 1 heteroatoms. The summed E-state index contributed by atoms with van der Waals surface area (Å²) in [4.78, 5) is 0. The van der Waals surface area contributed by atoms with Crippen molar-refractivity contribution in [1.82, 2.24) is 5.32 Å². The molecule has 0 aliphatic rings. The Morgan fingerprint density at radius 2 is 1.81 bits per heavy atom. The van der Waals surface area contributed by atoms with Gasteiger partial charge in [0.2, 0.25) is 0 Å². The molecule has 1 N–H and O–H groups in total. The monoisotopic (exact) mass is 223 g/mol. The maximum Gasteiger partial charge on any atom is 0.0133 e. The summed E-state index contributed by atoms with van der Waals surface area (Å²) in [5.74, 6) is 0.553. The minimum atomic E-state index is 0.228. The maximum atomic E-state index is 3.30. The van der Waals surface area contributed by atoms with Gasteiger partial charge in [0.05, 0.1) is 0 Å². The van der Waals surface area contributed by atoms with Gasteiger partial charge in [0, 0.05) is 12.7 Å². The zero-order chi connectivity index (χ0) is 12.8. The van der Waals surface area contributed by atoms with Gasteiger partial charge in [0.25, 0.3) is 0 Å². The third-order valence-corrected chi connectivity index (χ3v) is 2.74. The fraction of sp³-hybridized carbons (Fsp3) is 0.733. The van der Waals surface area contributed by atoms with Gasteiger partial charge in [-0.25, -0.2) is 0 Å². The minimum absolute atomic E-state index is 0.228. The molecule has 0 spiro atoms. The standard InChI is InChI=1S/C15H29N/c1-8-9-10-13(15(4,5)6)11-14(16-7)12(2)3/h10-12,16H,8-9H2,1-7H3/b13-10+,14-11-. The van der Waals surface area contributed by atoms with Crippen molar-refractivity contribution in [3.8, 4) is 0 Å². The van der Waals surface area contributed by atoms with E-state index >= 15 is 0 Å². The van der Waals surface area contributed by atoms with Gasteiger partial charge in [-0.1, -0.05) is 54.0 Å². The molecule has 0 aliphatic heterocycles. The molecule has 0 amide bonds. The first-order valence-electron chi connectivity index (χ1n) is 6.42. The van der Waals surface area contributed by atoms with E-state index in [1.807, 2.05) is 7.05 Å². The highest BCUT2D eigenvalue weighted by molar-refractivity contribution is 5.28. The Labute approximate surface area is 102 Å². The smallest absolute Gasteiger partial charge is 0.0133 e. The number of hydrogen-bond acceptors (Lipinski definition) is 1. The molecule has 0 aromatic heterocycles. The molecule has 0 atom stereocenters. The van der Waals surface area contributed by atoms with Gasteiger partial charge in [-0.2, -0.15) is 0 Å². The summed E-state index contributed by atoms with van der Waals surface area (Å²) in [5, 5.41) is 3.30. The van der Waals surface area contributed by atoms with Gasteiger partial charge >= 0.3 is 0 Å². The molecule has 16 heavy (non-hydrogen) atoms. The lowest BCUT2D eigenvalue weighted by Crippen LogP contribution is -2.15. The molecular weight excluding hydrogens is 194 g/mol. The van der Waals surface area contributed by atoms with Crippen LogP contribution in [0.3, 0.4) is 0 Å². The van der Waals surface area contributed by atoms with Crippen LogP contribution in [-0.2, 0) is 0 Å². The van der Waals surface area contributed by atoms with E-state index in [1.165, 1.54) is 17.7 Å². The Balaban J connectivity index is 5.06. The normalized spacial score (nSPS) is 14.5. The van der Waals surface area contributed by atoms with Crippen molar-refractivity contribution in [2.45, 2.75) is 54.4 Å². The summed E-state index contributed by atoms with van der Waals surface area (Å²) in [6, 6.07) is 0. The molecule has 0 radical (unpaired) electrons. The molecule has 0 fully saturated rings. The van der Waals surface area contributed by atoms with E-state index in [-0.39, 0.29) is 5.41 Å². The molecule has 0 saturated carbocycles. The molecule has 94 valence electrons. The van der Waals surface area contributed by atoms with Gasteiger partial charge < -0.3 is 5.32 Å². The van der Waals surface area contributed by atoms with Crippen molar-refractivity contribution in [3.63, 3.8) is 0 Å². The molecule has 0 aliphatic carbocycles. The molecule has 0 unspecified atom stereocenters. The first-order chi connectivity index (χ1) is 7.32. The van der Waals surface area contributed by atoms with E-state index in [9.17, 15) is 0 Å². The van der Waals surface area contributed by atoms with E-state index in [0.29, 0.717) is 5.92 Å². The Kier molecular flexibility index (Phi) is 6.47. The zero-order valence-corrected chi connectivity index (χ0v) is 12.1. The van der Waals surface area contributed by atoms with Crippen molar-refractivity contribution in [2.24, 2.45) is 11.3 Å². The second-order valence-electron chi connectivity index (χ2n) is 5.70. The average Bonchev–Trinajstić information content (AvgIpc) is 2.15. The molecule has 1 nitrogen and oxygen atoms in total. The second-order valence-corrected chi connectivity index (χ2v) is 5.70. The highest BCUT2D eigenvalue weighted by Gasteiger charge is 2.15. The fourth-order valence-corrected chi connectivity index (χ4v) is 1.58. The summed E-state index contributed by atoms with van der Waals surface area (Å²) in [6.45, 7) is 13.5. The van der Waals surface area contributed by atoms with Crippen LogP contribution < -0.4 is 5.32 Å². The van der Waals surface area contributed by atoms with Gasteiger partial charge in [-0.15, -0.1) is 0 Å². The topological polar surface area (TPSA) is 12.0 Å². The summed E-state index contributed by atoms with van der Waals surface area (Å²) in [7, 11) is 2.01. The SMILES string of the molecule is CCC/C=C(\C=C(/NC)C(C)C)C(C)(C)C. The van der Waals surface area contributed by atoms with Crippen molar-refractivity contribution < 1.29 is 0 Å². The van der Waals surface area contributed by atoms with Gasteiger partial charge in [0.1, 0.15) is 0 Å². The van der Waals surface area contributed by atoms with Crippen LogP contribution in [0.4, 0.5) is 0 Å². The van der Waals surface area contributed by atoms with Crippen LogP contribution in [0.25, 0.3) is 0 Å². The Hall–Kier alpha value is -0.720. The van der Waals surface area contributed by atoms with Crippen molar-refractivity contribution in [2.75, 3.05) is 7.05 Å². The van der Waals surface area contributed by atoms with Crippen LogP contribution >= 0.6 is 0 Å². The van der Waals surface area contributed by atoms with Crippen LogP contribution in [0.2, 0.25) is 0 Å². The average molecular weight is 223 g/mol. The van der Waals surface area contributed by atoms with Crippen LogP contribution in [0.1, 0.15) is 54.4 Å². The lowest BCUT2D eigenvalue weighted by molar-refractivity contribution is 0.511. The van der Waals surface area contributed by atoms with Crippen molar-refractivity contribution >= 4 is 0 Å². The number of nitrogens with one attached hydrogen (secondary N) is 1. The van der Waals surface area contributed by atoms with Gasteiger partial charge in [-0.05, 0) is 29.4 Å².